The van der Waals surface area contributed by atoms with E-state index in [-0.39, 0.29) is 6.61 Å². The Morgan fingerprint density at radius 3 is 2.67 bits per heavy atom. The number of methoxy groups -OCH3 is 1. The second-order valence-electron chi connectivity index (χ2n) is 4.66. The molecule has 6 heteroatoms. The normalized spacial score (nSPS) is 10.6. The van der Waals surface area contributed by atoms with Crippen molar-refractivity contribution in [2.75, 3.05) is 7.11 Å². The number of benzene rings is 1. The zero-order valence-corrected chi connectivity index (χ0v) is 12.5. The average Bonchev–Trinajstić information content (AvgIpc) is 2.93. The lowest BCUT2D eigenvalue weighted by Gasteiger charge is -2.12. The molecule has 0 aliphatic carbocycles. The van der Waals surface area contributed by atoms with Crippen LogP contribution in [-0.2, 0) is 19.8 Å². The van der Waals surface area contributed by atoms with Crippen LogP contribution in [0.4, 0.5) is 0 Å². The van der Waals surface area contributed by atoms with E-state index < -0.39 is 0 Å². The van der Waals surface area contributed by atoms with Crippen LogP contribution >= 0.6 is 0 Å². The molecule has 1 aromatic carbocycles. The standard InChI is InChI=1S/C15H21N3O3/c1-3-4-9-18-13(12(10-19)16-17-18)11-21-15-8-6-5-7-14(15)20-2/h5-8,19H,3-4,9-11H2,1-2H3. The summed E-state index contributed by atoms with van der Waals surface area (Å²) < 4.78 is 12.8. The SMILES string of the molecule is CCCCn1nnc(CO)c1COc1ccccc1OC. The Kier molecular flexibility index (Phi) is 5.57. The Morgan fingerprint density at radius 1 is 1.24 bits per heavy atom. The van der Waals surface area contributed by atoms with Gasteiger partial charge in [0, 0.05) is 6.54 Å². The van der Waals surface area contributed by atoms with Crippen LogP contribution in [0.1, 0.15) is 31.2 Å². The molecule has 0 saturated carbocycles. The van der Waals surface area contributed by atoms with Crippen LogP contribution in [0, 0.1) is 0 Å². The Hall–Kier alpha value is -2.08. The smallest absolute Gasteiger partial charge is 0.161 e. The molecule has 0 amide bonds. The van der Waals surface area contributed by atoms with Gasteiger partial charge >= 0.3 is 0 Å². The van der Waals surface area contributed by atoms with Crippen LogP contribution in [-0.4, -0.2) is 27.2 Å². The van der Waals surface area contributed by atoms with E-state index in [2.05, 4.69) is 17.2 Å². The predicted molar refractivity (Wildman–Crippen MR) is 78.2 cm³/mol. The van der Waals surface area contributed by atoms with Crippen LogP contribution in [0.15, 0.2) is 24.3 Å². The second kappa shape index (κ2) is 7.64. The Morgan fingerprint density at radius 2 is 2.00 bits per heavy atom. The highest BCUT2D eigenvalue weighted by Crippen LogP contribution is 2.26. The van der Waals surface area contributed by atoms with Crippen molar-refractivity contribution in [1.82, 2.24) is 15.0 Å². The third kappa shape index (κ3) is 3.72. The molecule has 2 aromatic rings. The summed E-state index contributed by atoms with van der Waals surface area (Å²) in [7, 11) is 1.61. The number of hydrogen-bond donors (Lipinski definition) is 1. The number of nitrogens with zero attached hydrogens (tertiary/aromatic N) is 3. The highest BCUT2D eigenvalue weighted by Gasteiger charge is 2.13. The molecule has 6 nitrogen and oxygen atoms in total. The van der Waals surface area contributed by atoms with Gasteiger partial charge in [0.15, 0.2) is 11.5 Å². The van der Waals surface area contributed by atoms with E-state index >= 15 is 0 Å². The second-order valence-corrected chi connectivity index (χ2v) is 4.66. The van der Waals surface area contributed by atoms with E-state index in [1.54, 1.807) is 11.8 Å². The Labute approximate surface area is 124 Å². The lowest BCUT2D eigenvalue weighted by Crippen LogP contribution is -2.10. The van der Waals surface area contributed by atoms with Gasteiger partial charge < -0.3 is 14.6 Å². The molecule has 0 aliphatic heterocycles. The minimum absolute atomic E-state index is 0.142. The molecular weight excluding hydrogens is 270 g/mol. The van der Waals surface area contributed by atoms with E-state index in [1.165, 1.54) is 0 Å². The van der Waals surface area contributed by atoms with Crippen LogP contribution in [0.2, 0.25) is 0 Å². The molecule has 1 N–H and O–H groups in total. The van der Waals surface area contributed by atoms with Gasteiger partial charge in [-0.3, -0.25) is 0 Å². The zero-order chi connectivity index (χ0) is 15.1. The van der Waals surface area contributed by atoms with Crippen molar-refractivity contribution in [3.8, 4) is 11.5 Å². The molecule has 21 heavy (non-hydrogen) atoms. The number of unbranched alkanes of at least 4 members (excludes halogenated alkanes) is 1. The first-order valence-corrected chi connectivity index (χ1v) is 7.08. The molecule has 0 bridgehead atoms. The maximum Gasteiger partial charge on any atom is 0.161 e. The van der Waals surface area contributed by atoms with Crippen molar-refractivity contribution in [3.63, 3.8) is 0 Å². The van der Waals surface area contributed by atoms with Gasteiger partial charge in [0.2, 0.25) is 0 Å². The lowest BCUT2D eigenvalue weighted by atomic mass is 10.3. The highest BCUT2D eigenvalue weighted by atomic mass is 16.5. The van der Waals surface area contributed by atoms with Gasteiger partial charge in [-0.15, -0.1) is 5.10 Å². The topological polar surface area (TPSA) is 69.4 Å². The van der Waals surface area contributed by atoms with Gasteiger partial charge in [-0.1, -0.05) is 30.7 Å². The molecule has 1 heterocycles. The number of aliphatic hydroxyl groups is 1. The molecular formula is C15H21N3O3. The van der Waals surface area contributed by atoms with E-state index in [9.17, 15) is 5.11 Å². The highest BCUT2D eigenvalue weighted by molar-refractivity contribution is 5.39. The zero-order valence-electron chi connectivity index (χ0n) is 12.5. The quantitative estimate of drug-likeness (QED) is 0.807. The van der Waals surface area contributed by atoms with E-state index in [4.69, 9.17) is 9.47 Å². The van der Waals surface area contributed by atoms with Crippen molar-refractivity contribution >= 4 is 0 Å². The molecule has 0 aliphatic rings. The third-order valence-corrected chi connectivity index (χ3v) is 3.22. The average molecular weight is 291 g/mol. The molecule has 0 unspecified atom stereocenters. The summed E-state index contributed by atoms with van der Waals surface area (Å²) in [6.45, 7) is 3.05. The molecule has 0 spiro atoms. The number of hydrogen-bond acceptors (Lipinski definition) is 5. The summed E-state index contributed by atoms with van der Waals surface area (Å²) in [6, 6.07) is 7.46. The molecule has 114 valence electrons. The molecule has 0 saturated heterocycles. The number of aryl methyl sites for hydroxylation is 1. The summed E-state index contributed by atoms with van der Waals surface area (Å²) in [5, 5.41) is 17.4. The lowest BCUT2D eigenvalue weighted by molar-refractivity contribution is 0.255. The van der Waals surface area contributed by atoms with E-state index in [1.807, 2.05) is 24.3 Å². The fraction of sp³-hybridized carbons (Fsp3) is 0.467. The van der Waals surface area contributed by atoms with Gasteiger partial charge in [0.1, 0.15) is 18.0 Å². The monoisotopic (exact) mass is 291 g/mol. The summed E-state index contributed by atoms with van der Waals surface area (Å²) in [4.78, 5) is 0. The number of rotatable bonds is 8. The first-order valence-electron chi connectivity index (χ1n) is 7.08. The summed E-state index contributed by atoms with van der Waals surface area (Å²) in [5.41, 5.74) is 1.36. The van der Waals surface area contributed by atoms with Gasteiger partial charge in [-0.2, -0.15) is 0 Å². The summed E-state index contributed by atoms with van der Waals surface area (Å²) in [6.07, 6.45) is 2.08. The summed E-state index contributed by atoms with van der Waals surface area (Å²) in [5.74, 6) is 1.34. The van der Waals surface area contributed by atoms with Crippen molar-refractivity contribution in [1.29, 1.82) is 0 Å². The molecule has 0 atom stereocenters. The van der Waals surface area contributed by atoms with Gasteiger partial charge in [-0.25, -0.2) is 4.68 Å². The van der Waals surface area contributed by atoms with Crippen molar-refractivity contribution < 1.29 is 14.6 Å². The number of para-hydroxylation sites is 2. The Bertz CT molecular complexity index is 569. The van der Waals surface area contributed by atoms with Crippen LogP contribution < -0.4 is 9.47 Å². The first kappa shape index (κ1) is 15.3. The van der Waals surface area contributed by atoms with Crippen molar-refractivity contribution in [2.45, 2.75) is 39.5 Å². The fourth-order valence-electron chi connectivity index (χ4n) is 2.02. The van der Waals surface area contributed by atoms with Crippen LogP contribution in [0.5, 0.6) is 11.5 Å². The third-order valence-electron chi connectivity index (χ3n) is 3.22. The fourth-order valence-corrected chi connectivity index (χ4v) is 2.02. The predicted octanol–water partition coefficient (Wildman–Crippen LogP) is 2.16. The van der Waals surface area contributed by atoms with Crippen LogP contribution in [0.3, 0.4) is 0 Å². The van der Waals surface area contributed by atoms with Crippen molar-refractivity contribution in [3.05, 3.63) is 35.7 Å². The number of aromatic nitrogens is 3. The van der Waals surface area contributed by atoms with Gasteiger partial charge in [0.05, 0.1) is 13.7 Å². The minimum Gasteiger partial charge on any atom is -0.493 e. The first-order chi connectivity index (χ1) is 10.3. The molecule has 0 radical (unpaired) electrons. The molecule has 2 rings (SSSR count). The maximum absolute atomic E-state index is 9.36. The van der Waals surface area contributed by atoms with Gasteiger partial charge in [-0.05, 0) is 18.6 Å². The maximum atomic E-state index is 9.36. The molecule has 1 aromatic heterocycles. The van der Waals surface area contributed by atoms with E-state index in [0.29, 0.717) is 23.8 Å². The summed E-state index contributed by atoms with van der Waals surface area (Å²) >= 11 is 0. The van der Waals surface area contributed by atoms with Gasteiger partial charge in [0.25, 0.3) is 0 Å². The van der Waals surface area contributed by atoms with Crippen LogP contribution in [0.25, 0.3) is 0 Å². The Balaban J connectivity index is 2.12. The number of aliphatic hydroxyl groups excluding tert-OH is 1. The molecule has 0 fully saturated rings. The minimum atomic E-state index is -0.142. The number of ether oxygens (including phenoxy) is 2. The largest absolute Gasteiger partial charge is 0.493 e. The van der Waals surface area contributed by atoms with Crippen molar-refractivity contribution in [2.24, 2.45) is 0 Å². The van der Waals surface area contributed by atoms with E-state index in [0.717, 1.165) is 25.1 Å².